The monoisotopic (exact) mass is 1080 g/mol. The lowest BCUT2D eigenvalue weighted by atomic mass is 9.65. The van der Waals surface area contributed by atoms with E-state index in [1.807, 2.05) is 0 Å². The summed E-state index contributed by atoms with van der Waals surface area (Å²) in [6.45, 7) is 26.5. The fraction of sp³-hybridized carbons (Fsp3) is 0.722. The molecule has 440 valence electrons. The molecule has 0 saturated heterocycles. The Kier molecular flexibility index (Phi) is 30.4. The fourth-order valence-corrected chi connectivity index (χ4v) is 13.1. The van der Waals surface area contributed by atoms with Gasteiger partial charge in [-0.3, -0.25) is 9.59 Å². The number of carbonyl (C=O) groups excluding carboxylic acids is 2. The summed E-state index contributed by atoms with van der Waals surface area (Å²) in [5.41, 5.74) is 6.16. The van der Waals surface area contributed by atoms with E-state index in [0.29, 0.717) is 25.7 Å². The number of allylic oxidation sites excluding steroid dienone is 12. The number of fused-ring (bicyclic) bond motifs is 2. The van der Waals surface area contributed by atoms with Crippen LogP contribution < -0.4 is 0 Å². The summed E-state index contributed by atoms with van der Waals surface area (Å²) < 4.78 is 25.9. The van der Waals surface area contributed by atoms with Crippen molar-refractivity contribution in [1.29, 1.82) is 0 Å². The van der Waals surface area contributed by atoms with Crippen molar-refractivity contribution in [2.24, 2.45) is 10.8 Å². The van der Waals surface area contributed by atoms with Gasteiger partial charge >= 0.3 is 11.9 Å². The smallest absolute Gasteiger partial charge is 0.306 e. The molecule has 0 amide bonds. The zero-order chi connectivity index (χ0) is 56.9. The lowest BCUT2D eigenvalue weighted by Crippen LogP contribution is -2.46. The molecule has 2 heterocycles. The fourth-order valence-electron chi connectivity index (χ4n) is 13.1. The number of hydrogen-bond donors (Lipinski definition) is 0. The number of carbonyl (C=O) groups is 2. The second kappa shape index (κ2) is 35.4. The minimum Gasteiger partial charge on any atom is -0.462 e. The highest BCUT2D eigenvalue weighted by Gasteiger charge is 2.53. The Morgan fingerprint density at radius 3 is 1.04 bits per heavy atom. The van der Waals surface area contributed by atoms with Crippen molar-refractivity contribution in [3.63, 3.8) is 0 Å². The van der Waals surface area contributed by atoms with E-state index in [9.17, 15) is 9.59 Å². The first kappa shape index (κ1) is 67.0. The third-order valence-electron chi connectivity index (χ3n) is 17.4. The molecule has 6 heteroatoms. The molecule has 6 atom stereocenters. The first-order valence-electron chi connectivity index (χ1n) is 32.2. The van der Waals surface area contributed by atoms with Gasteiger partial charge in [0.1, 0.15) is 12.2 Å². The molecular formula is C72H116O6. The molecular weight excluding hydrogens is 961 g/mol. The van der Waals surface area contributed by atoms with Gasteiger partial charge in [0, 0.05) is 25.7 Å². The summed E-state index contributed by atoms with van der Waals surface area (Å²) in [5, 5.41) is 0. The minimum absolute atomic E-state index is 0.0540. The average molecular weight is 1080 g/mol. The van der Waals surface area contributed by atoms with Crippen molar-refractivity contribution >= 4 is 11.9 Å². The van der Waals surface area contributed by atoms with Crippen LogP contribution >= 0.6 is 0 Å². The van der Waals surface area contributed by atoms with Crippen molar-refractivity contribution in [2.75, 3.05) is 0 Å². The highest BCUT2D eigenvalue weighted by atomic mass is 16.6. The Morgan fingerprint density at radius 2 is 0.731 bits per heavy atom. The topological polar surface area (TPSA) is 71.1 Å². The molecule has 6 nitrogen and oxygen atoms in total. The van der Waals surface area contributed by atoms with E-state index < -0.39 is 11.2 Å². The molecule has 2 fully saturated rings. The Hall–Kier alpha value is -3.48. The lowest BCUT2D eigenvalue weighted by Gasteiger charge is -2.45. The molecule has 0 aromatic rings. The molecule has 2 aliphatic heterocycles. The summed E-state index contributed by atoms with van der Waals surface area (Å²) in [4.78, 5) is 26.0. The Morgan fingerprint density at radius 1 is 0.436 bits per heavy atom. The van der Waals surface area contributed by atoms with Crippen LogP contribution in [0.2, 0.25) is 0 Å². The van der Waals surface area contributed by atoms with Crippen LogP contribution in [0.25, 0.3) is 0 Å². The second-order valence-electron chi connectivity index (χ2n) is 26.2. The van der Waals surface area contributed by atoms with Crippen molar-refractivity contribution < 1.29 is 28.5 Å². The minimum atomic E-state index is -0.450. The van der Waals surface area contributed by atoms with Crippen LogP contribution in [-0.2, 0) is 28.5 Å². The number of hydrogen-bond acceptors (Lipinski definition) is 6. The van der Waals surface area contributed by atoms with E-state index in [2.05, 4.69) is 156 Å². The van der Waals surface area contributed by atoms with Crippen LogP contribution in [-0.4, -0.2) is 47.6 Å². The number of ether oxygens (including phenoxy) is 4. The maximum Gasteiger partial charge on any atom is 0.306 e. The van der Waals surface area contributed by atoms with E-state index >= 15 is 0 Å². The molecule has 6 unspecified atom stereocenters. The SMILES string of the molecule is CCCCCCCCCCCCCCCC(=O)OC1CC(C)(C)C2=CC(/C(C)=C/C=C/C(C)=C/C=C/C=C(C)/C=C/C=C(\C)C3C=C4C(C)(C)CC(OC(=O)CCCCCCCCCCCCCCC)CC4(C)O3)OC2(C)C1. The summed E-state index contributed by atoms with van der Waals surface area (Å²) in [7, 11) is 0. The molecule has 2 aliphatic carbocycles. The Balaban J connectivity index is 1.13. The van der Waals surface area contributed by atoms with Crippen molar-refractivity contribution in [3.05, 3.63) is 106 Å². The molecule has 4 aliphatic rings. The largest absolute Gasteiger partial charge is 0.462 e. The zero-order valence-electron chi connectivity index (χ0n) is 52.3. The quantitative estimate of drug-likeness (QED) is 0.0266. The first-order chi connectivity index (χ1) is 37.3. The van der Waals surface area contributed by atoms with Crippen LogP contribution in [0.1, 0.15) is 289 Å². The lowest BCUT2D eigenvalue weighted by molar-refractivity contribution is -0.158. The highest BCUT2D eigenvalue weighted by molar-refractivity contribution is 5.70. The molecule has 2 saturated carbocycles. The molecule has 0 bridgehead atoms. The number of unbranched alkanes of at least 4 members (excludes halogenated alkanes) is 24. The third-order valence-corrected chi connectivity index (χ3v) is 17.4. The standard InChI is InChI=1S/C72H116O6/c1-13-15-17-19-21-23-25-27-29-31-33-35-37-49-67(73)75-61-53-69(7,8)65-51-63(77-71(65,11)55-61)59(5)47-41-45-57(3)43-39-40-44-58(4)46-42-48-60(6)64-52-66-70(9,10)54-62(56-72(66,12)78-64)76-68(74)50-38-36-34-32-30-28-26-24-22-20-18-16-14-2/h39-48,51-52,61-64H,13-38,49-50,53-56H2,1-12H3/b40-39+,45-41+,46-42+,57-43+,58-44+,59-47+,60-48+. The van der Waals surface area contributed by atoms with Crippen LogP contribution in [0.4, 0.5) is 0 Å². The normalized spacial score (nSPS) is 25.5. The van der Waals surface area contributed by atoms with Gasteiger partial charge in [-0.2, -0.15) is 0 Å². The molecule has 0 spiro atoms. The van der Waals surface area contributed by atoms with Gasteiger partial charge in [0.05, 0.1) is 23.4 Å². The van der Waals surface area contributed by atoms with Crippen molar-refractivity contribution in [2.45, 2.75) is 324 Å². The van der Waals surface area contributed by atoms with Gasteiger partial charge in [-0.25, -0.2) is 0 Å². The second-order valence-corrected chi connectivity index (χ2v) is 26.2. The van der Waals surface area contributed by atoms with Gasteiger partial charge in [-0.05, 0) is 113 Å². The summed E-state index contributed by atoms with van der Waals surface area (Å²) in [6, 6.07) is 0. The highest BCUT2D eigenvalue weighted by Crippen LogP contribution is 2.54. The molecule has 0 N–H and O–H groups in total. The van der Waals surface area contributed by atoms with Crippen molar-refractivity contribution in [1.82, 2.24) is 0 Å². The maximum absolute atomic E-state index is 13.0. The van der Waals surface area contributed by atoms with E-state index in [-0.39, 0.29) is 47.2 Å². The van der Waals surface area contributed by atoms with Gasteiger partial charge < -0.3 is 18.9 Å². The van der Waals surface area contributed by atoms with Crippen LogP contribution in [0.5, 0.6) is 0 Å². The van der Waals surface area contributed by atoms with E-state index in [1.165, 1.54) is 152 Å². The maximum atomic E-state index is 13.0. The van der Waals surface area contributed by atoms with Gasteiger partial charge in [0.25, 0.3) is 0 Å². The van der Waals surface area contributed by atoms with Gasteiger partial charge in [-0.1, -0.05) is 268 Å². The van der Waals surface area contributed by atoms with E-state index in [4.69, 9.17) is 18.9 Å². The van der Waals surface area contributed by atoms with E-state index in [0.717, 1.165) is 60.8 Å². The molecule has 0 aromatic heterocycles. The summed E-state index contributed by atoms with van der Waals surface area (Å²) in [5.74, 6) is -0.108. The van der Waals surface area contributed by atoms with Gasteiger partial charge in [0.15, 0.2) is 0 Å². The molecule has 0 radical (unpaired) electrons. The van der Waals surface area contributed by atoms with Crippen LogP contribution in [0, 0.1) is 10.8 Å². The van der Waals surface area contributed by atoms with Crippen LogP contribution in [0.15, 0.2) is 106 Å². The number of esters is 2. The summed E-state index contributed by atoms with van der Waals surface area (Å²) >= 11 is 0. The molecule has 4 rings (SSSR count). The predicted molar refractivity (Wildman–Crippen MR) is 332 cm³/mol. The third kappa shape index (κ3) is 24.3. The van der Waals surface area contributed by atoms with E-state index in [1.54, 1.807) is 0 Å². The molecule has 78 heavy (non-hydrogen) atoms. The summed E-state index contributed by atoms with van der Waals surface area (Å²) in [6.07, 6.45) is 63.2. The first-order valence-corrected chi connectivity index (χ1v) is 32.2. The predicted octanol–water partition coefficient (Wildman–Crippen LogP) is 21.0. The zero-order valence-corrected chi connectivity index (χ0v) is 52.3. The Labute approximate surface area is 479 Å². The average Bonchev–Trinajstić information content (AvgIpc) is 4.17. The van der Waals surface area contributed by atoms with Crippen LogP contribution in [0.3, 0.4) is 0 Å². The van der Waals surface area contributed by atoms with Gasteiger partial charge in [-0.15, -0.1) is 0 Å². The number of rotatable bonds is 38. The Bertz CT molecular complexity index is 1940. The molecule has 0 aromatic carbocycles. The van der Waals surface area contributed by atoms with Crippen molar-refractivity contribution in [3.8, 4) is 0 Å². The van der Waals surface area contributed by atoms with Gasteiger partial charge in [0.2, 0.25) is 0 Å².